The summed E-state index contributed by atoms with van der Waals surface area (Å²) in [6, 6.07) is 23.2. The van der Waals surface area contributed by atoms with Crippen LogP contribution in [0.4, 0.5) is 22.7 Å². The molecule has 332 valence electrons. The van der Waals surface area contributed by atoms with Gasteiger partial charge in [-0.25, -0.2) is 0 Å². The maximum absolute atomic E-state index is 11.5. The zero-order valence-electron chi connectivity index (χ0n) is 34.3. The third kappa shape index (κ3) is 14.6. The van der Waals surface area contributed by atoms with Gasteiger partial charge in [-0.2, -0.15) is 0 Å². The lowest BCUT2D eigenvalue weighted by molar-refractivity contribution is -0.117. The summed E-state index contributed by atoms with van der Waals surface area (Å²) in [6.45, 7) is 9.64. The number of aryl methyl sites for hydroxylation is 2. The Morgan fingerprint density at radius 2 is 1.06 bits per heavy atom. The fourth-order valence-corrected chi connectivity index (χ4v) is 8.10. The Bertz CT molecular complexity index is 2160. The van der Waals surface area contributed by atoms with Crippen molar-refractivity contribution in [1.29, 1.82) is 0 Å². The number of carbonyl (C=O) groups is 2. The molecule has 0 atom stereocenters. The quantitative estimate of drug-likeness (QED) is 0.101. The third-order valence-corrected chi connectivity index (χ3v) is 12.3. The van der Waals surface area contributed by atoms with Crippen LogP contribution in [0.1, 0.15) is 24.0 Å². The first kappa shape index (κ1) is 49.2. The van der Waals surface area contributed by atoms with E-state index < -0.39 is 0 Å². The van der Waals surface area contributed by atoms with Gasteiger partial charge in [0, 0.05) is 101 Å². The smallest absolute Gasteiger partial charge is 0.224 e. The highest BCUT2D eigenvalue weighted by molar-refractivity contribution is 6.44. The number of carbonyl (C=O) groups excluding carboxylic acids is 2. The van der Waals surface area contributed by atoms with Gasteiger partial charge in [-0.3, -0.25) is 14.5 Å². The number of benzene rings is 4. The molecule has 16 heteroatoms. The van der Waals surface area contributed by atoms with Gasteiger partial charge in [0.1, 0.15) is 24.7 Å². The van der Waals surface area contributed by atoms with Crippen molar-refractivity contribution in [3.8, 4) is 11.5 Å². The van der Waals surface area contributed by atoms with Crippen LogP contribution in [0.3, 0.4) is 0 Å². The molecule has 2 fully saturated rings. The molecule has 2 amide bonds. The van der Waals surface area contributed by atoms with Crippen molar-refractivity contribution in [2.24, 2.45) is 0 Å². The second-order valence-electron chi connectivity index (χ2n) is 14.6. The number of ether oxygens (including phenoxy) is 2. The Morgan fingerprint density at radius 1 is 0.581 bits per heavy atom. The highest BCUT2D eigenvalue weighted by Crippen LogP contribution is 2.34. The molecule has 4 aliphatic rings. The summed E-state index contributed by atoms with van der Waals surface area (Å²) >= 11 is 30.1. The zero-order valence-corrected chi connectivity index (χ0v) is 38.9. The predicted octanol–water partition coefficient (Wildman–Crippen LogP) is 10.2. The van der Waals surface area contributed by atoms with Crippen molar-refractivity contribution in [1.82, 2.24) is 10.2 Å². The van der Waals surface area contributed by atoms with Crippen LogP contribution in [-0.2, 0) is 22.4 Å². The molecule has 3 N–H and O–H groups in total. The second kappa shape index (κ2) is 25.5. The number of halogens is 6. The maximum atomic E-state index is 11.5. The lowest BCUT2D eigenvalue weighted by atomic mass is 10.0. The first-order chi connectivity index (χ1) is 29.7. The van der Waals surface area contributed by atoms with Crippen molar-refractivity contribution in [2.75, 3.05) is 98.4 Å². The van der Waals surface area contributed by atoms with Crippen LogP contribution in [0.25, 0.3) is 0 Å². The minimum absolute atomic E-state index is 0. The number of nitrogens with zero attached hydrogens (tertiary/aromatic N) is 3. The van der Waals surface area contributed by atoms with E-state index in [1.54, 1.807) is 0 Å². The average molecular weight is 966 g/mol. The number of amides is 2. The van der Waals surface area contributed by atoms with E-state index in [4.69, 9.17) is 67.5 Å². The van der Waals surface area contributed by atoms with Crippen LogP contribution >= 0.6 is 70.4 Å². The molecule has 4 aromatic rings. The number of anilines is 4. The maximum Gasteiger partial charge on any atom is 0.224 e. The Hall–Kier alpha value is -3.84. The summed E-state index contributed by atoms with van der Waals surface area (Å²) in [6.07, 6.45) is 10.6. The minimum atomic E-state index is 0. The molecule has 4 aliphatic heterocycles. The second-order valence-corrected chi connectivity index (χ2v) is 16.5. The molecule has 2 saturated heterocycles. The molecule has 62 heavy (non-hydrogen) atoms. The van der Waals surface area contributed by atoms with Crippen molar-refractivity contribution in [3.63, 3.8) is 0 Å². The molecule has 4 aromatic carbocycles. The Kier molecular flexibility index (Phi) is 20.2. The van der Waals surface area contributed by atoms with Crippen LogP contribution in [0, 0.1) is 0 Å². The third-order valence-electron chi connectivity index (χ3n) is 10.5. The minimum Gasteiger partial charge on any atom is -0.489 e. The normalized spacial score (nSPS) is 16.1. The Labute approximate surface area is 395 Å². The topological polar surface area (TPSA) is 98.4 Å². The monoisotopic (exact) mass is 962 g/mol. The van der Waals surface area contributed by atoms with Gasteiger partial charge in [-0.15, -0.1) is 24.0 Å². The van der Waals surface area contributed by atoms with Gasteiger partial charge in [0.15, 0.2) is 0 Å². The van der Waals surface area contributed by atoms with Crippen LogP contribution in [-0.4, -0.2) is 94.7 Å². The van der Waals surface area contributed by atoms with Crippen molar-refractivity contribution < 1.29 is 19.1 Å². The Morgan fingerprint density at radius 3 is 1.56 bits per heavy atom. The summed E-state index contributed by atoms with van der Waals surface area (Å²) in [5, 5.41) is 11.6. The summed E-state index contributed by atoms with van der Waals surface area (Å²) < 4.78 is 11.3. The fourth-order valence-electron chi connectivity index (χ4n) is 7.14. The van der Waals surface area contributed by atoms with Gasteiger partial charge >= 0.3 is 0 Å². The molecule has 0 aromatic heterocycles. The number of fused-ring (bicyclic) bond motifs is 2. The number of nitrogens with one attached hydrogen (secondary N) is 3. The van der Waals surface area contributed by atoms with Gasteiger partial charge in [0.05, 0.1) is 31.5 Å². The summed E-state index contributed by atoms with van der Waals surface area (Å²) in [4.78, 5) is 29.7. The molecule has 10 nitrogen and oxygen atoms in total. The largest absolute Gasteiger partial charge is 0.489 e. The van der Waals surface area contributed by atoms with Crippen molar-refractivity contribution >= 4 is 105 Å². The first-order valence-electron chi connectivity index (χ1n) is 20.5. The highest BCUT2D eigenvalue weighted by Gasteiger charge is 2.20. The van der Waals surface area contributed by atoms with E-state index in [1.807, 2.05) is 91.0 Å². The SMILES string of the molecule is Cl.Clc1cccc(N2CCNCC2)c1Cl.O=C1CCc2ccc(OC/C=C/CCl)cc2N1.O=C1CCc2ccc(OC/C=C/CN3CCN(c4cccc(Cl)c4Cl)CC3)cc2N1. The van der Waals surface area contributed by atoms with Crippen molar-refractivity contribution in [3.05, 3.63) is 128 Å². The number of hydrogen-bond acceptors (Lipinski definition) is 8. The van der Waals surface area contributed by atoms with Crippen LogP contribution in [0.15, 0.2) is 97.1 Å². The van der Waals surface area contributed by atoms with Gasteiger partial charge < -0.3 is 35.2 Å². The molecule has 0 saturated carbocycles. The molecule has 0 bridgehead atoms. The number of rotatable bonds is 11. The molecule has 8 rings (SSSR count). The molecular formula is C46H52Cl6N6O4. The van der Waals surface area contributed by atoms with E-state index >= 15 is 0 Å². The van der Waals surface area contributed by atoms with Gasteiger partial charge in [-0.05, 0) is 60.4 Å². The van der Waals surface area contributed by atoms with E-state index in [0.717, 1.165) is 117 Å². The van der Waals surface area contributed by atoms with E-state index in [-0.39, 0.29) is 24.2 Å². The lowest BCUT2D eigenvalue weighted by Crippen LogP contribution is -2.46. The number of alkyl halides is 1. The highest BCUT2D eigenvalue weighted by atomic mass is 35.5. The predicted molar refractivity (Wildman–Crippen MR) is 261 cm³/mol. The average Bonchev–Trinajstić information content (AvgIpc) is 3.28. The fraction of sp³-hybridized carbons (Fsp3) is 0.348. The van der Waals surface area contributed by atoms with E-state index in [0.29, 0.717) is 52.0 Å². The first-order valence-corrected chi connectivity index (χ1v) is 22.5. The summed E-state index contributed by atoms with van der Waals surface area (Å²) in [5.41, 5.74) is 6.10. The molecule has 0 unspecified atom stereocenters. The van der Waals surface area contributed by atoms with Gasteiger partial charge in [-0.1, -0.05) is 95.0 Å². The standard InChI is InChI=1S/C23H25Cl2N3O2.C13H14ClNO2.C10H12Cl2N2.ClH/c24-19-4-3-5-21(23(19)25)28-13-11-27(12-14-28)10-1-2-15-30-18-8-6-17-7-9-22(29)26-20(17)16-18;14-7-1-2-8-17-11-5-3-10-4-6-13(16)15-12(10)9-11;11-8-2-1-3-9(10(8)12)14-6-4-13-5-7-14;/h1-6,8,16H,7,9-15H2,(H,26,29);1-3,5,9H,4,6-8H2,(H,15,16);1-3,13H,4-7H2;1H/b2*2-1+;;. The zero-order chi connectivity index (χ0) is 43.0. The number of hydrogen-bond donors (Lipinski definition) is 3. The van der Waals surface area contributed by atoms with Crippen LogP contribution < -0.4 is 35.2 Å². The molecule has 4 heterocycles. The number of allylic oxidation sites excluding steroid dienone is 1. The van der Waals surface area contributed by atoms with Crippen LogP contribution in [0.2, 0.25) is 20.1 Å². The van der Waals surface area contributed by atoms with E-state index in [1.165, 1.54) is 0 Å². The van der Waals surface area contributed by atoms with Crippen molar-refractivity contribution in [2.45, 2.75) is 25.7 Å². The summed E-state index contributed by atoms with van der Waals surface area (Å²) in [7, 11) is 0. The van der Waals surface area contributed by atoms with E-state index in [2.05, 4.69) is 36.7 Å². The van der Waals surface area contributed by atoms with Gasteiger partial charge in [0.25, 0.3) is 0 Å². The van der Waals surface area contributed by atoms with Gasteiger partial charge in [0.2, 0.25) is 11.8 Å². The van der Waals surface area contributed by atoms with E-state index in [9.17, 15) is 9.59 Å². The summed E-state index contributed by atoms with van der Waals surface area (Å²) in [5.74, 6) is 2.15. The number of piperazine rings is 2. The van der Waals surface area contributed by atoms with Crippen LogP contribution in [0.5, 0.6) is 11.5 Å². The lowest BCUT2D eigenvalue weighted by Gasteiger charge is -2.36. The molecule has 0 aliphatic carbocycles. The molecule has 0 spiro atoms. The molecular weight excluding hydrogens is 913 g/mol. The Balaban J connectivity index is 0.000000192. The molecule has 0 radical (unpaired) electrons.